The highest BCUT2D eigenvalue weighted by atomic mass is 16.5. The van der Waals surface area contributed by atoms with Gasteiger partial charge >= 0.3 is 0 Å². The van der Waals surface area contributed by atoms with E-state index in [9.17, 15) is 0 Å². The number of aromatic nitrogens is 4. The molecule has 124 valence electrons. The average molecular weight is 326 g/mol. The second-order valence-corrected chi connectivity index (χ2v) is 5.06. The Labute approximate surface area is 139 Å². The summed E-state index contributed by atoms with van der Waals surface area (Å²) in [5.41, 5.74) is 1.89. The standard InChI is InChI=1S/C17H18N4O3/c1-22-14-9-12(10-15(23-2)16(14)24-3)11-21-17(18-19-20-21)13-7-5-4-6-8-13/h4-10H,11H2,1-3H3. The third-order valence-corrected chi connectivity index (χ3v) is 3.62. The zero-order valence-corrected chi connectivity index (χ0v) is 13.8. The van der Waals surface area contributed by atoms with E-state index in [2.05, 4.69) is 15.5 Å². The Morgan fingerprint density at radius 1 is 0.917 bits per heavy atom. The van der Waals surface area contributed by atoms with Crippen LogP contribution in [-0.2, 0) is 6.54 Å². The third kappa shape index (κ3) is 3.01. The van der Waals surface area contributed by atoms with E-state index in [1.165, 1.54) is 0 Å². The quantitative estimate of drug-likeness (QED) is 0.693. The monoisotopic (exact) mass is 326 g/mol. The van der Waals surface area contributed by atoms with Crippen molar-refractivity contribution in [2.45, 2.75) is 6.54 Å². The summed E-state index contributed by atoms with van der Waals surface area (Å²) < 4.78 is 17.9. The predicted octanol–water partition coefficient (Wildman–Crippen LogP) is 2.41. The lowest BCUT2D eigenvalue weighted by atomic mass is 10.1. The summed E-state index contributed by atoms with van der Waals surface area (Å²) in [5, 5.41) is 12.0. The molecule has 0 saturated carbocycles. The Kier molecular flexibility index (Phi) is 4.60. The molecule has 2 aromatic carbocycles. The first-order chi connectivity index (χ1) is 11.8. The molecule has 0 spiro atoms. The van der Waals surface area contributed by atoms with Crippen molar-refractivity contribution in [3.63, 3.8) is 0 Å². The van der Waals surface area contributed by atoms with E-state index in [1.807, 2.05) is 42.5 Å². The van der Waals surface area contributed by atoms with E-state index in [-0.39, 0.29) is 0 Å². The molecule has 0 bridgehead atoms. The minimum atomic E-state index is 0.480. The van der Waals surface area contributed by atoms with Gasteiger partial charge in [0.1, 0.15) is 0 Å². The van der Waals surface area contributed by atoms with E-state index < -0.39 is 0 Å². The van der Waals surface area contributed by atoms with Gasteiger partial charge in [-0.3, -0.25) is 0 Å². The van der Waals surface area contributed by atoms with Gasteiger partial charge in [0.2, 0.25) is 5.75 Å². The Morgan fingerprint density at radius 3 is 2.17 bits per heavy atom. The minimum absolute atomic E-state index is 0.480. The maximum atomic E-state index is 5.39. The molecule has 0 aliphatic rings. The van der Waals surface area contributed by atoms with Crippen LogP contribution in [0.25, 0.3) is 11.4 Å². The summed E-state index contributed by atoms with van der Waals surface area (Å²) in [5.74, 6) is 2.45. The molecule has 0 aliphatic carbocycles. The van der Waals surface area contributed by atoms with Crippen molar-refractivity contribution in [1.29, 1.82) is 0 Å². The van der Waals surface area contributed by atoms with Gasteiger partial charge in [0.05, 0.1) is 27.9 Å². The maximum absolute atomic E-state index is 5.39. The number of tetrazole rings is 1. The number of hydrogen-bond donors (Lipinski definition) is 0. The summed E-state index contributed by atoms with van der Waals surface area (Å²) in [6.45, 7) is 0.480. The van der Waals surface area contributed by atoms with Crippen molar-refractivity contribution in [3.8, 4) is 28.6 Å². The van der Waals surface area contributed by atoms with Crippen molar-refractivity contribution in [1.82, 2.24) is 20.2 Å². The van der Waals surface area contributed by atoms with Crippen molar-refractivity contribution in [2.24, 2.45) is 0 Å². The van der Waals surface area contributed by atoms with Gasteiger partial charge in [0, 0.05) is 5.56 Å². The summed E-state index contributed by atoms with van der Waals surface area (Å²) in [4.78, 5) is 0. The van der Waals surface area contributed by atoms with Gasteiger partial charge in [-0.25, -0.2) is 4.68 Å². The van der Waals surface area contributed by atoms with Gasteiger partial charge in [-0.05, 0) is 28.1 Å². The van der Waals surface area contributed by atoms with Crippen molar-refractivity contribution < 1.29 is 14.2 Å². The maximum Gasteiger partial charge on any atom is 0.203 e. The third-order valence-electron chi connectivity index (χ3n) is 3.62. The van der Waals surface area contributed by atoms with Gasteiger partial charge in [-0.1, -0.05) is 30.3 Å². The lowest BCUT2D eigenvalue weighted by Gasteiger charge is -2.14. The summed E-state index contributed by atoms with van der Waals surface area (Å²) in [6.07, 6.45) is 0. The summed E-state index contributed by atoms with van der Waals surface area (Å²) >= 11 is 0. The lowest BCUT2D eigenvalue weighted by molar-refractivity contribution is 0.323. The average Bonchev–Trinajstić information content (AvgIpc) is 3.09. The fourth-order valence-electron chi connectivity index (χ4n) is 2.50. The second kappa shape index (κ2) is 6.99. The molecule has 7 nitrogen and oxygen atoms in total. The minimum Gasteiger partial charge on any atom is -0.493 e. The molecule has 3 rings (SSSR count). The zero-order chi connectivity index (χ0) is 16.9. The van der Waals surface area contributed by atoms with Crippen LogP contribution in [0.5, 0.6) is 17.2 Å². The van der Waals surface area contributed by atoms with Crippen LogP contribution in [0.1, 0.15) is 5.56 Å². The van der Waals surface area contributed by atoms with Crippen LogP contribution in [0.3, 0.4) is 0 Å². The van der Waals surface area contributed by atoms with E-state index in [0.717, 1.165) is 11.1 Å². The van der Waals surface area contributed by atoms with Gasteiger partial charge in [-0.15, -0.1) is 5.10 Å². The van der Waals surface area contributed by atoms with E-state index >= 15 is 0 Å². The van der Waals surface area contributed by atoms with Gasteiger partial charge in [-0.2, -0.15) is 0 Å². The topological polar surface area (TPSA) is 71.3 Å². The molecule has 0 aliphatic heterocycles. The smallest absolute Gasteiger partial charge is 0.203 e. The highest BCUT2D eigenvalue weighted by molar-refractivity contribution is 5.56. The second-order valence-electron chi connectivity index (χ2n) is 5.06. The first-order valence-corrected chi connectivity index (χ1v) is 7.37. The number of nitrogens with zero attached hydrogens (tertiary/aromatic N) is 4. The molecule has 0 N–H and O–H groups in total. The Bertz CT molecular complexity index is 793. The molecule has 0 amide bonds. The predicted molar refractivity (Wildman–Crippen MR) is 88.5 cm³/mol. The van der Waals surface area contributed by atoms with Crippen LogP contribution in [-0.4, -0.2) is 41.5 Å². The summed E-state index contributed by atoms with van der Waals surface area (Å²) in [6, 6.07) is 13.6. The SMILES string of the molecule is COc1cc(Cn2nnnc2-c2ccccc2)cc(OC)c1OC. The Balaban J connectivity index is 1.97. The molecular weight excluding hydrogens is 308 g/mol. The van der Waals surface area contributed by atoms with Gasteiger partial charge in [0.25, 0.3) is 0 Å². The van der Waals surface area contributed by atoms with Crippen LogP contribution in [0.2, 0.25) is 0 Å². The van der Waals surface area contributed by atoms with Crippen molar-refractivity contribution in [3.05, 3.63) is 48.0 Å². The fraction of sp³-hybridized carbons (Fsp3) is 0.235. The van der Waals surface area contributed by atoms with Crippen LogP contribution >= 0.6 is 0 Å². The molecule has 1 heterocycles. The first kappa shape index (κ1) is 15.8. The highest BCUT2D eigenvalue weighted by Crippen LogP contribution is 2.38. The zero-order valence-electron chi connectivity index (χ0n) is 13.8. The summed E-state index contributed by atoms with van der Waals surface area (Å²) in [7, 11) is 4.76. The molecule has 3 aromatic rings. The number of hydrogen-bond acceptors (Lipinski definition) is 6. The van der Waals surface area contributed by atoms with E-state index in [1.54, 1.807) is 26.0 Å². The Morgan fingerprint density at radius 2 is 1.58 bits per heavy atom. The van der Waals surface area contributed by atoms with Crippen LogP contribution in [0, 0.1) is 0 Å². The van der Waals surface area contributed by atoms with Crippen molar-refractivity contribution in [2.75, 3.05) is 21.3 Å². The van der Waals surface area contributed by atoms with Crippen LogP contribution in [0.4, 0.5) is 0 Å². The number of ether oxygens (including phenoxy) is 3. The molecule has 1 aromatic heterocycles. The number of methoxy groups -OCH3 is 3. The largest absolute Gasteiger partial charge is 0.493 e. The molecule has 0 saturated heterocycles. The number of rotatable bonds is 6. The van der Waals surface area contributed by atoms with Crippen molar-refractivity contribution >= 4 is 0 Å². The molecular formula is C17H18N4O3. The van der Waals surface area contributed by atoms with E-state index in [4.69, 9.17) is 14.2 Å². The number of benzene rings is 2. The molecule has 0 fully saturated rings. The molecule has 0 unspecified atom stereocenters. The molecule has 0 atom stereocenters. The molecule has 0 radical (unpaired) electrons. The highest BCUT2D eigenvalue weighted by Gasteiger charge is 2.15. The van der Waals surface area contributed by atoms with Gasteiger partial charge in [0.15, 0.2) is 17.3 Å². The molecule has 7 heteroatoms. The van der Waals surface area contributed by atoms with Crippen LogP contribution < -0.4 is 14.2 Å². The first-order valence-electron chi connectivity index (χ1n) is 7.37. The normalized spacial score (nSPS) is 10.5. The lowest BCUT2D eigenvalue weighted by Crippen LogP contribution is -2.05. The molecule has 24 heavy (non-hydrogen) atoms. The Hall–Kier alpha value is -3.09. The van der Waals surface area contributed by atoms with Crippen LogP contribution in [0.15, 0.2) is 42.5 Å². The van der Waals surface area contributed by atoms with E-state index in [0.29, 0.717) is 29.6 Å². The fourth-order valence-corrected chi connectivity index (χ4v) is 2.50. The van der Waals surface area contributed by atoms with Gasteiger partial charge < -0.3 is 14.2 Å².